The fourth-order valence-corrected chi connectivity index (χ4v) is 1.65. The largest absolute Gasteiger partial charge is 0.481 e. The summed E-state index contributed by atoms with van der Waals surface area (Å²) in [6.07, 6.45) is 0. The van der Waals surface area contributed by atoms with Crippen molar-refractivity contribution in [3.63, 3.8) is 0 Å². The molecule has 1 atom stereocenters. The second kappa shape index (κ2) is 4.64. The first kappa shape index (κ1) is 11.3. The van der Waals surface area contributed by atoms with E-state index >= 15 is 0 Å². The summed E-state index contributed by atoms with van der Waals surface area (Å²) in [4.78, 5) is 10.7. The number of carboxylic acid groups (broad SMARTS) is 1. The minimum atomic E-state index is -1.11. The first-order chi connectivity index (χ1) is 6.54. The predicted octanol–water partition coefficient (Wildman–Crippen LogP) is 2.15. The molecule has 0 fully saturated rings. The molecular formula is C9H8Cl2O3. The number of hydrogen-bond acceptors (Lipinski definition) is 2. The van der Waals surface area contributed by atoms with Gasteiger partial charge in [0.1, 0.15) is 5.92 Å². The van der Waals surface area contributed by atoms with Crippen molar-refractivity contribution >= 4 is 29.2 Å². The van der Waals surface area contributed by atoms with Crippen LogP contribution in [-0.4, -0.2) is 22.8 Å². The maximum atomic E-state index is 10.7. The van der Waals surface area contributed by atoms with Gasteiger partial charge in [0.15, 0.2) is 0 Å². The van der Waals surface area contributed by atoms with Gasteiger partial charge in [0, 0.05) is 10.0 Å². The smallest absolute Gasteiger partial charge is 0.313 e. The molecule has 0 aromatic heterocycles. The summed E-state index contributed by atoms with van der Waals surface area (Å²) in [6.45, 7) is -0.480. The number of rotatable bonds is 3. The van der Waals surface area contributed by atoms with Crippen LogP contribution >= 0.6 is 23.2 Å². The molecule has 1 aromatic carbocycles. The number of carboxylic acids is 1. The number of aliphatic carboxylic acids is 1. The summed E-state index contributed by atoms with van der Waals surface area (Å²) in [7, 11) is 0. The molecule has 2 N–H and O–H groups in total. The summed E-state index contributed by atoms with van der Waals surface area (Å²) in [5.74, 6) is -2.09. The lowest BCUT2D eigenvalue weighted by Crippen LogP contribution is -2.15. The van der Waals surface area contributed by atoms with E-state index in [1.807, 2.05) is 0 Å². The van der Waals surface area contributed by atoms with Crippen LogP contribution in [0.2, 0.25) is 10.0 Å². The molecular weight excluding hydrogens is 227 g/mol. The Hall–Kier alpha value is -0.770. The molecule has 0 saturated heterocycles. The van der Waals surface area contributed by atoms with Crippen molar-refractivity contribution in [3.8, 4) is 0 Å². The predicted molar refractivity (Wildman–Crippen MR) is 53.9 cm³/mol. The Bertz CT molecular complexity index is 332. The van der Waals surface area contributed by atoms with Crippen molar-refractivity contribution in [2.24, 2.45) is 0 Å². The van der Waals surface area contributed by atoms with Crippen LogP contribution in [0.1, 0.15) is 11.5 Å². The third-order valence-electron chi connectivity index (χ3n) is 1.77. The molecule has 0 aliphatic rings. The lowest BCUT2D eigenvalue weighted by molar-refractivity contribution is -0.139. The maximum absolute atomic E-state index is 10.7. The minimum absolute atomic E-state index is 0.354. The Kier molecular flexibility index (Phi) is 3.75. The van der Waals surface area contributed by atoms with Gasteiger partial charge in [-0.3, -0.25) is 4.79 Å². The number of aliphatic hydroxyl groups is 1. The van der Waals surface area contributed by atoms with E-state index in [4.69, 9.17) is 33.4 Å². The monoisotopic (exact) mass is 234 g/mol. The van der Waals surface area contributed by atoms with E-state index in [1.54, 1.807) is 0 Å². The first-order valence-electron chi connectivity index (χ1n) is 3.84. The summed E-state index contributed by atoms with van der Waals surface area (Å²) in [5.41, 5.74) is 0.400. The lowest BCUT2D eigenvalue weighted by atomic mass is 10.0. The van der Waals surface area contributed by atoms with E-state index in [1.165, 1.54) is 18.2 Å². The van der Waals surface area contributed by atoms with Crippen LogP contribution in [-0.2, 0) is 4.79 Å². The summed E-state index contributed by atoms with van der Waals surface area (Å²) in [5, 5.41) is 18.3. The van der Waals surface area contributed by atoms with Crippen molar-refractivity contribution in [1.82, 2.24) is 0 Å². The van der Waals surface area contributed by atoms with Gasteiger partial charge in [-0.25, -0.2) is 0 Å². The van der Waals surface area contributed by atoms with Gasteiger partial charge in [0.05, 0.1) is 6.61 Å². The number of benzene rings is 1. The highest BCUT2D eigenvalue weighted by molar-refractivity contribution is 6.34. The molecule has 76 valence electrons. The molecule has 0 radical (unpaired) electrons. The van der Waals surface area contributed by atoms with E-state index in [9.17, 15) is 4.79 Å². The highest BCUT2D eigenvalue weighted by Crippen LogP contribution is 2.24. The Balaban J connectivity index is 3.10. The average Bonchev–Trinajstić information content (AvgIpc) is 2.02. The molecule has 0 amide bonds. The van der Waals surface area contributed by atoms with Crippen molar-refractivity contribution in [1.29, 1.82) is 0 Å². The van der Waals surface area contributed by atoms with Crippen LogP contribution in [0.25, 0.3) is 0 Å². The topological polar surface area (TPSA) is 57.5 Å². The third kappa shape index (κ3) is 2.61. The minimum Gasteiger partial charge on any atom is -0.481 e. The Morgan fingerprint density at radius 1 is 1.29 bits per heavy atom. The normalized spacial score (nSPS) is 12.5. The summed E-state index contributed by atoms with van der Waals surface area (Å²) < 4.78 is 0. The van der Waals surface area contributed by atoms with E-state index in [0.29, 0.717) is 15.6 Å². The van der Waals surface area contributed by atoms with E-state index in [-0.39, 0.29) is 0 Å². The standard InChI is InChI=1S/C9H8Cl2O3/c10-6-1-5(2-7(11)3-6)8(4-12)9(13)14/h1-3,8,12H,4H2,(H,13,14)/t8-/m1/s1. The summed E-state index contributed by atoms with van der Waals surface area (Å²) >= 11 is 11.4. The molecule has 5 heteroatoms. The highest BCUT2D eigenvalue weighted by atomic mass is 35.5. The van der Waals surface area contributed by atoms with E-state index < -0.39 is 18.5 Å². The molecule has 0 unspecified atom stereocenters. The second-order valence-electron chi connectivity index (χ2n) is 2.78. The van der Waals surface area contributed by atoms with Crippen LogP contribution in [0.5, 0.6) is 0 Å². The van der Waals surface area contributed by atoms with Crippen molar-refractivity contribution in [2.75, 3.05) is 6.61 Å². The second-order valence-corrected chi connectivity index (χ2v) is 3.65. The SMILES string of the molecule is O=C(O)[C@H](CO)c1cc(Cl)cc(Cl)c1. The van der Waals surface area contributed by atoms with Gasteiger partial charge in [0.2, 0.25) is 0 Å². The maximum Gasteiger partial charge on any atom is 0.313 e. The molecule has 14 heavy (non-hydrogen) atoms. The number of hydrogen-bond donors (Lipinski definition) is 2. The quantitative estimate of drug-likeness (QED) is 0.843. The molecule has 0 aliphatic carbocycles. The lowest BCUT2D eigenvalue weighted by Gasteiger charge is -2.09. The van der Waals surface area contributed by atoms with Crippen molar-refractivity contribution < 1.29 is 15.0 Å². The van der Waals surface area contributed by atoms with Crippen LogP contribution in [0.4, 0.5) is 0 Å². The van der Waals surface area contributed by atoms with E-state index in [2.05, 4.69) is 0 Å². The molecule has 1 aromatic rings. The molecule has 0 spiro atoms. The van der Waals surface area contributed by atoms with Crippen LogP contribution in [0, 0.1) is 0 Å². The molecule has 0 heterocycles. The first-order valence-corrected chi connectivity index (χ1v) is 4.60. The van der Waals surface area contributed by atoms with Gasteiger partial charge in [0.25, 0.3) is 0 Å². The fraction of sp³-hybridized carbons (Fsp3) is 0.222. The Morgan fingerprint density at radius 3 is 2.14 bits per heavy atom. The highest BCUT2D eigenvalue weighted by Gasteiger charge is 2.19. The molecule has 0 bridgehead atoms. The van der Waals surface area contributed by atoms with Gasteiger partial charge in [-0.2, -0.15) is 0 Å². The van der Waals surface area contributed by atoms with Crippen LogP contribution < -0.4 is 0 Å². The molecule has 0 saturated carbocycles. The Labute approximate surface area is 90.9 Å². The fourth-order valence-electron chi connectivity index (χ4n) is 1.10. The van der Waals surface area contributed by atoms with Crippen molar-refractivity contribution in [3.05, 3.63) is 33.8 Å². The van der Waals surface area contributed by atoms with Gasteiger partial charge in [-0.15, -0.1) is 0 Å². The van der Waals surface area contributed by atoms with E-state index in [0.717, 1.165) is 0 Å². The zero-order valence-electron chi connectivity index (χ0n) is 7.08. The number of aliphatic hydroxyl groups excluding tert-OH is 1. The molecule has 3 nitrogen and oxygen atoms in total. The molecule has 1 rings (SSSR count). The zero-order valence-corrected chi connectivity index (χ0v) is 8.59. The van der Waals surface area contributed by atoms with Crippen molar-refractivity contribution in [2.45, 2.75) is 5.92 Å². The number of carbonyl (C=O) groups is 1. The van der Waals surface area contributed by atoms with Crippen LogP contribution in [0.3, 0.4) is 0 Å². The molecule has 0 aliphatic heterocycles. The Morgan fingerprint density at radius 2 is 1.79 bits per heavy atom. The van der Waals surface area contributed by atoms with Gasteiger partial charge >= 0.3 is 5.97 Å². The zero-order chi connectivity index (χ0) is 10.7. The third-order valence-corrected chi connectivity index (χ3v) is 2.20. The van der Waals surface area contributed by atoms with Crippen LogP contribution in [0.15, 0.2) is 18.2 Å². The number of halogens is 2. The van der Waals surface area contributed by atoms with Gasteiger partial charge < -0.3 is 10.2 Å². The summed E-state index contributed by atoms with van der Waals surface area (Å²) in [6, 6.07) is 4.45. The van der Waals surface area contributed by atoms with Gasteiger partial charge in [-0.1, -0.05) is 23.2 Å². The van der Waals surface area contributed by atoms with Gasteiger partial charge in [-0.05, 0) is 23.8 Å². The average molecular weight is 235 g/mol.